The average molecular weight is 396 g/mol. The molecular weight excluding hydrogens is 368 g/mol. The lowest BCUT2D eigenvalue weighted by Gasteiger charge is -2.10. The molecular formula is C22H28N4O3. The molecule has 0 aliphatic rings. The Morgan fingerprint density at radius 2 is 1.31 bits per heavy atom. The molecule has 7 nitrogen and oxygen atoms in total. The number of nitrogens with one attached hydrogen (secondary N) is 4. The first kappa shape index (κ1) is 21.9. The summed E-state index contributed by atoms with van der Waals surface area (Å²) in [7, 11) is 0. The van der Waals surface area contributed by atoms with E-state index in [1.54, 1.807) is 55.5 Å². The fourth-order valence-electron chi connectivity index (χ4n) is 2.49. The van der Waals surface area contributed by atoms with Crippen LogP contribution in [0.4, 0.5) is 17.1 Å². The predicted octanol–water partition coefficient (Wildman–Crippen LogP) is 3.62. The third-order valence-corrected chi connectivity index (χ3v) is 4.19. The molecule has 154 valence electrons. The zero-order chi connectivity index (χ0) is 21.1. The number of unbranched alkanes of at least 4 members (excludes halogenated alkanes) is 1. The van der Waals surface area contributed by atoms with E-state index in [-0.39, 0.29) is 24.3 Å². The van der Waals surface area contributed by atoms with Crippen molar-refractivity contribution in [3.63, 3.8) is 0 Å². The van der Waals surface area contributed by atoms with Crippen LogP contribution in [0.25, 0.3) is 0 Å². The van der Waals surface area contributed by atoms with Gasteiger partial charge < -0.3 is 21.3 Å². The van der Waals surface area contributed by atoms with Gasteiger partial charge in [-0.1, -0.05) is 20.3 Å². The molecule has 2 aromatic rings. The van der Waals surface area contributed by atoms with E-state index in [1.165, 1.54) is 0 Å². The van der Waals surface area contributed by atoms with Gasteiger partial charge in [-0.3, -0.25) is 14.4 Å². The van der Waals surface area contributed by atoms with Crippen molar-refractivity contribution < 1.29 is 14.4 Å². The van der Waals surface area contributed by atoms with Gasteiger partial charge in [-0.2, -0.15) is 0 Å². The first-order valence-electron chi connectivity index (χ1n) is 9.83. The molecule has 0 unspecified atom stereocenters. The van der Waals surface area contributed by atoms with Crippen LogP contribution in [-0.2, 0) is 9.59 Å². The van der Waals surface area contributed by atoms with Gasteiger partial charge in [-0.15, -0.1) is 0 Å². The highest BCUT2D eigenvalue weighted by atomic mass is 16.2. The number of carbonyl (C=O) groups excluding carboxylic acids is 3. The monoisotopic (exact) mass is 396 g/mol. The summed E-state index contributed by atoms with van der Waals surface area (Å²) in [5.74, 6) is -0.361. The molecule has 0 aliphatic carbocycles. The van der Waals surface area contributed by atoms with E-state index in [2.05, 4.69) is 28.2 Å². The Bertz CT molecular complexity index is 817. The number of anilines is 3. The van der Waals surface area contributed by atoms with Crippen molar-refractivity contribution in [2.24, 2.45) is 0 Å². The maximum absolute atomic E-state index is 12.1. The van der Waals surface area contributed by atoms with Crippen LogP contribution in [0, 0.1) is 0 Å². The molecule has 0 bridgehead atoms. The molecule has 0 saturated heterocycles. The third kappa shape index (κ3) is 7.65. The second-order valence-corrected chi connectivity index (χ2v) is 6.57. The van der Waals surface area contributed by atoms with Gasteiger partial charge in [0.25, 0.3) is 5.91 Å². The van der Waals surface area contributed by atoms with Gasteiger partial charge in [0, 0.05) is 35.6 Å². The lowest BCUT2D eigenvalue weighted by Crippen LogP contribution is -2.24. The Kier molecular flexibility index (Phi) is 8.69. The van der Waals surface area contributed by atoms with E-state index in [0.29, 0.717) is 29.9 Å². The average Bonchev–Trinajstić information content (AvgIpc) is 2.73. The summed E-state index contributed by atoms with van der Waals surface area (Å²) in [4.78, 5) is 35.5. The summed E-state index contributed by atoms with van der Waals surface area (Å²) in [6.07, 6.45) is 2.40. The molecule has 4 N–H and O–H groups in total. The first-order chi connectivity index (χ1) is 14.0. The molecule has 2 aromatic carbocycles. The van der Waals surface area contributed by atoms with E-state index < -0.39 is 0 Å². The molecule has 0 heterocycles. The number of amides is 3. The first-order valence-corrected chi connectivity index (χ1v) is 9.83. The van der Waals surface area contributed by atoms with Gasteiger partial charge in [0.2, 0.25) is 11.8 Å². The maximum Gasteiger partial charge on any atom is 0.251 e. The van der Waals surface area contributed by atoms with Crippen molar-refractivity contribution in [3.05, 3.63) is 54.1 Å². The van der Waals surface area contributed by atoms with E-state index in [9.17, 15) is 14.4 Å². The van der Waals surface area contributed by atoms with E-state index >= 15 is 0 Å². The van der Waals surface area contributed by atoms with Gasteiger partial charge in [0.15, 0.2) is 0 Å². The molecule has 0 atom stereocenters. The minimum Gasteiger partial charge on any atom is -0.376 e. The molecule has 0 aliphatic heterocycles. The Hall–Kier alpha value is -3.35. The van der Waals surface area contributed by atoms with Crippen molar-refractivity contribution in [1.82, 2.24) is 5.32 Å². The minimum atomic E-state index is -0.200. The van der Waals surface area contributed by atoms with E-state index in [0.717, 1.165) is 18.5 Å². The number of carbonyl (C=O) groups is 3. The minimum absolute atomic E-state index is 0.0467. The maximum atomic E-state index is 12.1. The van der Waals surface area contributed by atoms with Crippen molar-refractivity contribution >= 4 is 34.8 Å². The van der Waals surface area contributed by atoms with E-state index in [4.69, 9.17) is 0 Å². The van der Waals surface area contributed by atoms with Gasteiger partial charge in [0.05, 0.1) is 6.54 Å². The highest BCUT2D eigenvalue weighted by Gasteiger charge is 2.07. The Morgan fingerprint density at radius 3 is 1.90 bits per heavy atom. The zero-order valence-corrected chi connectivity index (χ0v) is 16.9. The molecule has 0 spiro atoms. The molecule has 29 heavy (non-hydrogen) atoms. The summed E-state index contributed by atoms with van der Waals surface area (Å²) in [5.41, 5.74) is 2.67. The highest BCUT2D eigenvalue weighted by molar-refractivity contribution is 5.96. The van der Waals surface area contributed by atoms with Crippen molar-refractivity contribution in [1.29, 1.82) is 0 Å². The molecule has 2 rings (SSSR count). The van der Waals surface area contributed by atoms with Gasteiger partial charge in [-0.25, -0.2) is 0 Å². The summed E-state index contributed by atoms with van der Waals surface area (Å²) in [5, 5.41) is 11.4. The fraction of sp³-hybridized carbons (Fsp3) is 0.318. The molecule has 7 heteroatoms. The predicted molar refractivity (Wildman–Crippen MR) is 116 cm³/mol. The van der Waals surface area contributed by atoms with Crippen molar-refractivity contribution in [2.75, 3.05) is 29.0 Å². The summed E-state index contributed by atoms with van der Waals surface area (Å²) < 4.78 is 0. The topological polar surface area (TPSA) is 99.3 Å². The number of benzene rings is 2. The second kappa shape index (κ2) is 11.5. The van der Waals surface area contributed by atoms with Crippen molar-refractivity contribution in [2.45, 2.75) is 33.1 Å². The van der Waals surface area contributed by atoms with Gasteiger partial charge in [0.1, 0.15) is 0 Å². The Labute approximate surface area is 171 Å². The molecule has 0 radical (unpaired) electrons. The smallest absolute Gasteiger partial charge is 0.251 e. The molecule has 0 saturated carbocycles. The van der Waals surface area contributed by atoms with Crippen LogP contribution in [0.5, 0.6) is 0 Å². The largest absolute Gasteiger partial charge is 0.376 e. The standard InChI is InChI=1S/C22H28N4O3/c1-3-5-14-23-22(29)16-6-8-18(9-7-16)26-21(28)15-24-17-10-12-19(13-11-17)25-20(27)4-2/h6-13,24H,3-5,14-15H2,1-2H3,(H,23,29)(H,25,27)(H,26,28). The fourth-order valence-corrected chi connectivity index (χ4v) is 2.49. The van der Waals surface area contributed by atoms with E-state index in [1.807, 2.05) is 0 Å². The van der Waals surface area contributed by atoms with Crippen LogP contribution in [0.1, 0.15) is 43.5 Å². The van der Waals surface area contributed by atoms with Gasteiger partial charge >= 0.3 is 0 Å². The highest BCUT2D eigenvalue weighted by Crippen LogP contribution is 2.14. The van der Waals surface area contributed by atoms with Gasteiger partial charge in [-0.05, 0) is 55.0 Å². The summed E-state index contributed by atoms with van der Waals surface area (Å²) in [6.45, 7) is 4.62. The zero-order valence-electron chi connectivity index (χ0n) is 16.9. The number of hydrogen-bond donors (Lipinski definition) is 4. The third-order valence-electron chi connectivity index (χ3n) is 4.19. The summed E-state index contributed by atoms with van der Waals surface area (Å²) in [6, 6.07) is 13.9. The Morgan fingerprint density at radius 1 is 0.759 bits per heavy atom. The van der Waals surface area contributed by atoms with Crippen LogP contribution < -0.4 is 21.3 Å². The number of rotatable bonds is 10. The number of hydrogen-bond acceptors (Lipinski definition) is 4. The lowest BCUT2D eigenvalue weighted by atomic mass is 10.2. The SMILES string of the molecule is CCCCNC(=O)c1ccc(NC(=O)CNc2ccc(NC(=O)CC)cc2)cc1. The van der Waals surface area contributed by atoms with Crippen LogP contribution in [0.3, 0.4) is 0 Å². The normalized spacial score (nSPS) is 10.1. The second-order valence-electron chi connectivity index (χ2n) is 6.57. The lowest BCUT2D eigenvalue weighted by molar-refractivity contribution is -0.116. The molecule has 0 fully saturated rings. The van der Waals surface area contributed by atoms with Crippen molar-refractivity contribution in [3.8, 4) is 0 Å². The summed E-state index contributed by atoms with van der Waals surface area (Å²) >= 11 is 0. The Balaban J connectivity index is 1.78. The molecule has 0 aromatic heterocycles. The quantitative estimate of drug-likeness (QED) is 0.461. The molecule has 3 amide bonds. The van der Waals surface area contributed by atoms with Crippen LogP contribution in [0.2, 0.25) is 0 Å². The van der Waals surface area contributed by atoms with Crippen LogP contribution >= 0.6 is 0 Å². The van der Waals surface area contributed by atoms with Crippen LogP contribution in [-0.4, -0.2) is 30.8 Å². The van der Waals surface area contributed by atoms with Crippen LogP contribution in [0.15, 0.2) is 48.5 Å².